The summed E-state index contributed by atoms with van der Waals surface area (Å²) in [5.74, 6) is 1.88. The molecule has 10 rings (SSSR count). The highest BCUT2D eigenvalue weighted by molar-refractivity contribution is 6.06. The molecular weight excluding hydrogens is 639 g/mol. The van der Waals surface area contributed by atoms with Crippen LogP contribution in [0, 0.1) is 0 Å². The standard InChI is InChI=1S/C46H31N5O/c1-3-11-31(12-4-1)43-48-44(32-21-19-30(20-22-32)35-25-28-42-38(29-35)37-15-7-10-18-41(37)52-42)50-45(49-43)33-23-26-36(27-24-33)51-40-17-9-8-16-39(40)47-46(51)34-13-5-2-6-14-34/h1-29,46-47H. The van der Waals surface area contributed by atoms with Gasteiger partial charge >= 0.3 is 0 Å². The monoisotopic (exact) mass is 669 g/mol. The second kappa shape index (κ2) is 12.4. The molecule has 0 bridgehead atoms. The van der Waals surface area contributed by atoms with E-state index >= 15 is 0 Å². The van der Waals surface area contributed by atoms with Crippen molar-refractivity contribution in [1.29, 1.82) is 0 Å². The largest absolute Gasteiger partial charge is 0.456 e. The van der Waals surface area contributed by atoms with Gasteiger partial charge in [-0.15, -0.1) is 0 Å². The third-order valence-corrected chi connectivity index (χ3v) is 9.75. The van der Waals surface area contributed by atoms with Gasteiger partial charge in [-0.05, 0) is 71.3 Å². The fourth-order valence-corrected chi connectivity index (χ4v) is 7.15. The van der Waals surface area contributed by atoms with E-state index in [0.29, 0.717) is 17.5 Å². The Morgan fingerprint density at radius 3 is 1.71 bits per heavy atom. The molecule has 6 nitrogen and oxygen atoms in total. The SMILES string of the molecule is c1ccc(-c2nc(-c3ccc(-c4ccc5oc6ccccc6c5c4)cc3)nc(-c3ccc(N4c5ccccc5NC4c4ccccc4)cc3)n2)cc1. The van der Waals surface area contributed by atoms with Crippen LogP contribution in [0.25, 0.3) is 67.2 Å². The van der Waals surface area contributed by atoms with E-state index < -0.39 is 0 Å². The van der Waals surface area contributed by atoms with Crippen LogP contribution in [0.2, 0.25) is 0 Å². The van der Waals surface area contributed by atoms with Crippen molar-refractivity contribution in [2.24, 2.45) is 0 Å². The lowest BCUT2D eigenvalue weighted by molar-refractivity contribution is 0.669. The van der Waals surface area contributed by atoms with Crippen LogP contribution >= 0.6 is 0 Å². The first-order chi connectivity index (χ1) is 25.7. The summed E-state index contributed by atoms with van der Waals surface area (Å²) in [6, 6.07) is 60.5. The van der Waals surface area contributed by atoms with E-state index in [-0.39, 0.29) is 6.17 Å². The van der Waals surface area contributed by atoms with E-state index in [0.717, 1.165) is 66.8 Å². The molecule has 2 aromatic heterocycles. The van der Waals surface area contributed by atoms with E-state index in [2.05, 4.69) is 138 Å². The van der Waals surface area contributed by atoms with Gasteiger partial charge in [-0.1, -0.05) is 121 Å². The molecule has 246 valence electrons. The summed E-state index contributed by atoms with van der Waals surface area (Å²) in [5.41, 5.74) is 11.3. The van der Waals surface area contributed by atoms with Gasteiger partial charge in [0.25, 0.3) is 0 Å². The Labute approximate surface area is 300 Å². The summed E-state index contributed by atoms with van der Waals surface area (Å²) in [6.07, 6.45) is -0.0261. The molecule has 52 heavy (non-hydrogen) atoms. The molecule has 1 aliphatic heterocycles. The molecule has 0 spiro atoms. The van der Waals surface area contributed by atoms with Crippen LogP contribution in [-0.4, -0.2) is 15.0 Å². The number of furan rings is 1. The first-order valence-corrected chi connectivity index (χ1v) is 17.4. The molecule has 0 saturated heterocycles. The molecular formula is C46H31N5O. The maximum absolute atomic E-state index is 6.06. The smallest absolute Gasteiger partial charge is 0.164 e. The predicted molar refractivity (Wildman–Crippen MR) is 210 cm³/mol. The summed E-state index contributed by atoms with van der Waals surface area (Å²) in [5, 5.41) is 5.94. The van der Waals surface area contributed by atoms with Crippen molar-refractivity contribution in [1.82, 2.24) is 15.0 Å². The lowest BCUT2D eigenvalue weighted by atomic mass is 10.0. The van der Waals surface area contributed by atoms with E-state index in [9.17, 15) is 0 Å². The molecule has 3 heterocycles. The van der Waals surface area contributed by atoms with Crippen molar-refractivity contribution in [3.8, 4) is 45.3 Å². The Hall–Kier alpha value is -7.05. The van der Waals surface area contributed by atoms with Crippen LogP contribution in [0.5, 0.6) is 0 Å². The van der Waals surface area contributed by atoms with Gasteiger partial charge in [0.1, 0.15) is 17.3 Å². The third-order valence-electron chi connectivity index (χ3n) is 9.75. The summed E-state index contributed by atoms with van der Waals surface area (Å²) in [7, 11) is 0. The summed E-state index contributed by atoms with van der Waals surface area (Å²) >= 11 is 0. The zero-order valence-electron chi connectivity index (χ0n) is 28.0. The van der Waals surface area contributed by atoms with Gasteiger partial charge in [0.15, 0.2) is 17.5 Å². The molecule has 1 atom stereocenters. The topological polar surface area (TPSA) is 67.1 Å². The first-order valence-electron chi connectivity index (χ1n) is 17.4. The van der Waals surface area contributed by atoms with Gasteiger partial charge < -0.3 is 14.6 Å². The summed E-state index contributed by atoms with van der Waals surface area (Å²) in [6.45, 7) is 0. The molecule has 7 aromatic carbocycles. The van der Waals surface area contributed by atoms with Crippen LogP contribution in [0.3, 0.4) is 0 Å². The molecule has 0 aliphatic carbocycles. The average molecular weight is 670 g/mol. The second-order valence-electron chi connectivity index (χ2n) is 13.0. The van der Waals surface area contributed by atoms with Crippen molar-refractivity contribution in [3.05, 3.63) is 181 Å². The number of aromatic nitrogens is 3. The molecule has 0 radical (unpaired) electrons. The van der Waals surface area contributed by atoms with Crippen molar-refractivity contribution in [2.45, 2.75) is 6.17 Å². The zero-order chi connectivity index (χ0) is 34.4. The molecule has 0 saturated carbocycles. The van der Waals surface area contributed by atoms with Gasteiger partial charge in [0.2, 0.25) is 0 Å². The van der Waals surface area contributed by atoms with Crippen LogP contribution in [0.4, 0.5) is 17.1 Å². The van der Waals surface area contributed by atoms with Crippen LogP contribution in [0.1, 0.15) is 11.7 Å². The minimum Gasteiger partial charge on any atom is -0.456 e. The van der Waals surface area contributed by atoms with Gasteiger partial charge in [0, 0.05) is 33.2 Å². The highest BCUT2D eigenvalue weighted by Gasteiger charge is 2.30. The quantitative estimate of drug-likeness (QED) is 0.190. The number of para-hydroxylation sites is 3. The van der Waals surface area contributed by atoms with E-state index in [4.69, 9.17) is 19.4 Å². The molecule has 1 N–H and O–H groups in total. The Kier molecular flexibility index (Phi) is 7.10. The van der Waals surface area contributed by atoms with Crippen molar-refractivity contribution in [3.63, 3.8) is 0 Å². The van der Waals surface area contributed by atoms with Gasteiger partial charge in [-0.2, -0.15) is 0 Å². The van der Waals surface area contributed by atoms with Crippen molar-refractivity contribution < 1.29 is 4.42 Å². The molecule has 6 heteroatoms. The van der Waals surface area contributed by atoms with Crippen molar-refractivity contribution in [2.75, 3.05) is 10.2 Å². The fraction of sp³-hybridized carbons (Fsp3) is 0.0217. The molecule has 0 amide bonds. The summed E-state index contributed by atoms with van der Waals surface area (Å²) < 4.78 is 6.06. The van der Waals surface area contributed by atoms with Gasteiger partial charge in [0.05, 0.1) is 11.4 Å². The van der Waals surface area contributed by atoms with Crippen molar-refractivity contribution >= 4 is 39.0 Å². The highest BCUT2D eigenvalue weighted by Crippen LogP contribution is 2.46. The minimum absolute atomic E-state index is 0.0261. The van der Waals surface area contributed by atoms with E-state index in [1.807, 2.05) is 48.5 Å². The highest BCUT2D eigenvalue weighted by atomic mass is 16.3. The second-order valence-corrected chi connectivity index (χ2v) is 13.0. The molecule has 1 unspecified atom stereocenters. The zero-order valence-corrected chi connectivity index (χ0v) is 28.0. The van der Waals surface area contributed by atoms with Gasteiger partial charge in [-0.3, -0.25) is 0 Å². The average Bonchev–Trinajstić information content (AvgIpc) is 3.80. The summed E-state index contributed by atoms with van der Waals surface area (Å²) in [4.78, 5) is 17.3. The number of fused-ring (bicyclic) bond motifs is 4. The predicted octanol–water partition coefficient (Wildman–Crippen LogP) is 11.7. The van der Waals surface area contributed by atoms with E-state index in [1.165, 1.54) is 5.56 Å². The number of hydrogen-bond acceptors (Lipinski definition) is 6. The minimum atomic E-state index is -0.0261. The van der Waals surface area contributed by atoms with Crippen LogP contribution < -0.4 is 10.2 Å². The molecule has 0 fully saturated rings. The Morgan fingerprint density at radius 1 is 0.442 bits per heavy atom. The number of anilines is 3. The van der Waals surface area contributed by atoms with Crippen LogP contribution in [0.15, 0.2) is 180 Å². The third kappa shape index (κ3) is 5.25. The number of nitrogens with zero attached hydrogens (tertiary/aromatic N) is 4. The Morgan fingerprint density at radius 2 is 0.981 bits per heavy atom. The number of rotatable bonds is 6. The number of nitrogens with one attached hydrogen (secondary N) is 1. The fourth-order valence-electron chi connectivity index (χ4n) is 7.15. The normalized spacial score (nSPS) is 13.7. The molecule has 1 aliphatic rings. The Balaban J connectivity index is 1.01. The molecule has 9 aromatic rings. The number of hydrogen-bond donors (Lipinski definition) is 1. The lowest BCUT2D eigenvalue weighted by Crippen LogP contribution is -2.23. The lowest BCUT2D eigenvalue weighted by Gasteiger charge is -2.27. The maximum Gasteiger partial charge on any atom is 0.164 e. The number of benzene rings is 7. The van der Waals surface area contributed by atoms with E-state index in [1.54, 1.807) is 0 Å². The maximum atomic E-state index is 6.06. The van der Waals surface area contributed by atoms with Crippen LogP contribution in [-0.2, 0) is 0 Å². The Bertz CT molecular complexity index is 2710. The van der Waals surface area contributed by atoms with Gasteiger partial charge in [-0.25, -0.2) is 15.0 Å². The first kappa shape index (κ1) is 29.8.